The largest absolute Gasteiger partial charge is 0.464 e. The van der Waals surface area contributed by atoms with Crippen molar-refractivity contribution in [3.8, 4) is 0 Å². The van der Waals surface area contributed by atoms with Gasteiger partial charge in [-0.3, -0.25) is 9.59 Å². The lowest BCUT2D eigenvalue weighted by Crippen LogP contribution is -2.31. The molecular formula is C20H19NO4. The first-order valence-corrected chi connectivity index (χ1v) is 7.98. The molecule has 0 bridgehead atoms. The van der Waals surface area contributed by atoms with Crippen LogP contribution in [0.5, 0.6) is 0 Å². The Bertz CT molecular complexity index is 898. The number of anilines is 1. The summed E-state index contributed by atoms with van der Waals surface area (Å²) in [7, 11) is 1.65. The van der Waals surface area contributed by atoms with Crippen molar-refractivity contribution >= 4 is 28.5 Å². The Morgan fingerprint density at radius 2 is 1.88 bits per heavy atom. The summed E-state index contributed by atoms with van der Waals surface area (Å²) >= 11 is 0. The van der Waals surface area contributed by atoms with Crippen LogP contribution < -0.4 is 4.90 Å². The fourth-order valence-electron chi connectivity index (χ4n) is 2.57. The first kappa shape index (κ1) is 16.8. The molecule has 0 saturated carbocycles. The number of amides is 1. The third kappa shape index (κ3) is 3.88. The molecule has 0 fully saturated rings. The summed E-state index contributed by atoms with van der Waals surface area (Å²) in [5, 5.41) is 0.885. The molecule has 0 spiro atoms. The zero-order chi connectivity index (χ0) is 17.8. The van der Waals surface area contributed by atoms with Crippen molar-refractivity contribution in [1.29, 1.82) is 0 Å². The highest BCUT2D eigenvalue weighted by Crippen LogP contribution is 2.23. The highest BCUT2D eigenvalue weighted by Gasteiger charge is 2.15. The van der Waals surface area contributed by atoms with Gasteiger partial charge in [-0.25, -0.2) is 0 Å². The number of para-hydroxylation sites is 1. The van der Waals surface area contributed by atoms with Crippen molar-refractivity contribution in [2.75, 3.05) is 18.6 Å². The standard InChI is InChI=1S/C20H19NO4/c1-14-8-9-17-15(12-24-18(17)10-14)11-20(23)25-13-19(22)21(2)16-6-4-3-5-7-16/h3-10,12H,11,13H2,1-2H3. The number of rotatable bonds is 5. The van der Waals surface area contributed by atoms with E-state index >= 15 is 0 Å². The molecule has 3 rings (SSSR count). The highest BCUT2D eigenvalue weighted by atomic mass is 16.5. The van der Waals surface area contributed by atoms with Crippen LogP contribution >= 0.6 is 0 Å². The van der Waals surface area contributed by atoms with Gasteiger partial charge < -0.3 is 14.1 Å². The van der Waals surface area contributed by atoms with Crippen molar-refractivity contribution in [2.24, 2.45) is 0 Å². The summed E-state index contributed by atoms with van der Waals surface area (Å²) < 4.78 is 10.6. The molecular weight excluding hydrogens is 318 g/mol. The molecule has 0 aliphatic heterocycles. The van der Waals surface area contributed by atoms with Crippen LogP contribution in [-0.4, -0.2) is 25.5 Å². The van der Waals surface area contributed by atoms with Gasteiger partial charge in [-0.2, -0.15) is 0 Å². The molecule has 2 aromatic carbocycles. The van der Waals surface area contributed by atoms with Crippen LogP contribution in [0, 0.1) is 6.92 Å². The Morgan fingerprint density at radius 1 is 1.12 bits per heavy atom. The molecule has 0 unspecified atom stereocenters. The summed E-state index contributed by atoms with van der Waals surface area (Å²) in [6, 6.07) is 15.0. The number of aryl methyl sites for hydroxylation is 1. The minimum atomic E-state index is -0.460. The Kier molecular flexibility index (Phi) is 4.84. The summed E-state index contributed by atoms with van der Waals surface area (Å²) in [6.07, 6.45) is 1.63. The number of ether oxygens (including phenoxy) is 1. The summed E-state index contributed by atoms with van der Waals surface area (Å²) in [5.74, 6) is -0.745. The zero-order valence-corrected chi connectivity index (χ0v) is 14.2. The third-order valence-electron chi connectivity index (χ3n) is 4.02. The van der Waals surface area contributed by atoms with E-state index in [9.17, 15) is 9.59 Å². The van der Waals surface area contributed by atoms with E-state index in [2.05, 4.69) is 0 Å². The molecule has 5 nitrogen and oxygen atoms in total. The van der Waals surface area contributed by atoms with Crippen LogP contribution in [0.25, 0.3) is 11.0 Å². The van der Waals surface area contributed by atoms with Gasteiger partial charge in [0.2, 0.25) is 0 Å². The number of hydrogen-bond donors (Lipinski definition) is 0. The van der Waals surface area contributed by atoms with Crippen LogP contribution in [-0.2, 0) is 20.7 Å². The Hall–Kier alpha value is -3.08. The van der Waals surface area contributed by atoms with Gasteiger partial charge in [0.1, 0.15) is 5.58 Å². The number of benzene rings is 2. The van der Waals surface area contributed by atoms with Gasteiger partial charge in [0.25, 0.3) is 5.91 Å². The highest BCUT2D eigenvalue weighted by molar-refractivity contribution is 5.95. The predicted octanol–water partition coefficient (Wildman–Crippen LogP) is 3.49. The molecule has 0 N–H and O–H groups in total. The average Bonchev–Trinajstić information content (AvgIpc) is 3.01. The summed E-state index contributed by atoms with van der Waals surface area (Å²) in [6.45, 7) is 1.68. The number of carbonyl (C=O) groups excluding carboxylic acids is 2. The van der Waals surface area contributed by atoms with Crippen molar-refractivity contribution < 1.29 is 18.7 Å². The first-order valence-electron chi connectivity index (χ1n) is 7.98. The van der Waals surface area contributed by atoms with E-state index < -0.39 is 5.97 Å². The minimum Gasteiger partial charge on any atom is -0.464 e. The quantitative estimate of drug-likeness (QED) is 0.669. The number of likely N-dealkylation sites (N-methyl/N-ethyl adjacent to an activating group) is 1. The van der Waals surface area contributed by atoms with Crippen molar-refractivity contribution in [1.82, 2.24) is 0 Å². The fourth-order valence-corrected chi connectivity index (χ4v) is 2.57. The first-order chi connectivity index (χ1) is 12.0. The van der Waals surface area contributed by atoms with E-state index in [1.165, 1.54) is 4.90 Å². The Morgan fingerprint density at radius 3 is 2.64 bits per heavy atom. The molecule has 128 valence electrons. The lowest BCUT2D eigenvalue weighted by Gasteiger charge is -2.17. The van der Waals surface area contributed by atoms with E-state index in [-0.39, 0.29) is 18.9 Å². The molecule has 1 amide bonds. The molecule has 5 heteroatoms. The molecule has 25 heavy (non-hydrogen) atoms. The van der Waals surface area contributed by atoms with E-state index in [1.807, 2.05) is 55.5 Å². The molecule has 0 aliphatic carbocycles. The van der Waals surface area contributed by atoms with Crippen molar-refractivity contribution in [3.05, 3.63) is 65.9 Å². The molecule has 0 radical (unpaired) electrons. The van der Waals surface area contributed by atoms with Gasteiger partial charge in [-0.05, 0) is 30.7 Å². The van der Waals surface area contributed by atoms with Crippen LogP contribution in [0.15, 0.2) is 59.2 Å². The van der Waals surface area contributed by atoms with Crippen molar-refractivity contribution in [2.45, 2.75) is 13.3 Å². The van der Waals surface area contributed by atoms with Crippen LogP contribution in [0.3, 0.4) is 0 Å². The topological polar surface area (TPSA) is 59.8 Å². The molecule has 0 aliphatic rings. The van der Waals surface area contributed by atoms with E-state index in [4.69, 9.17) is 9.15 Å². The van der Waals surface area contributed by atoms with Gasteiger partial charge in [0.05, 0.1) is 12.7 Å². The third-order valence-corrected chi connectivity index (χ3v) is 4.02. The van der Waals surface area contributed by atoms with E-state index in [0.717, 1.165) is 27.8 Å². The summed E-state index contributed by atoms with van der Waals surface area (Å²) in [4.78, 5) is 25.6. The second-order valence-corrected chi connectivity index (χ2v) is 5.89. The molecule has 0 atom stereocenters. The number of furan rings is 1. The van der Waals surface area contributed by atoms with Crippen LogP contribution in [0.4, 0.5) is 5.69 Å². The molecule has 1 aromatic heterocycles. The van der Waals surface area contributed by atoms with Crippen LogP contribution in [0.1, 0.15) is 11.1 Å². The lowest BCUT2D eigenvalue weighted by atomic mass is 10.1. The Balaban J connectivity index is 1.58. The number of hydrogen-bond acceptors (Lipinski definition) is 4. The SMILES string of the molecule is Cc1ccc2c(CC(=O)OCC(=O)N(C)c3ccccc3)coc2c1. The van der Waals surface area contributed by atoms with Gasteiger partial charge in [-0.15, -0.1) is 0 Å². The molecule has 0 saturated heterocycles. The van der Waals surface area contributed by atoms with Gasteiger partial charge in [0.15, 0.2) is 6.61 Å². The maximum Gasteiger partial charge on any atom is 0.310 e. The van der Waals surface area contributed by atoms with Crippen LogP contribution in [0.2, 0.25) is 0 Å². The Labute approximate surface area is 145 Å². The smallest absolute Gasteiger partial charge is 0.310 e. The van der Waals surface area contributed by atoms with E-state index in [1.54, 1.807) is 13.3 Å². The number of carbonyl (C=O) groups is 2. The number of esters is 1. The second kappa shape index (κ2) is 7.21. The van der Waals surface area contributed by atoms with Crippen molar-refractivity contribution in [3.63, 3.8) is 0 Å². The maximum absolute atomic E-state index is 12.1. The van der Waals surface area contributed by atoms with Gasteiger partial charge in [-0.1, -0.05) is 30.3 Å². The molecule has 3 aromatic rings. The van der Waals surface area contributed by atoms with Gasteiger partial charge >= 0.3 is 5.97 Å². The molecule has 1 heterocycles. The minimum absolute atomic E-state index is 0.0678. The monoisotopic (exact) mass is 337 g/mol. The predicted molar refractivity (Wildman–Crippen MR) is 95.5 cm³/mol. The number of fused-ring (bicyclic) bond motifs is 1. The fraction of sp³-hybridized carbons (Fsp3) is 0.200. The average molecular weight is 337 g/mol. The summed E-state index contributed by atoms with van der Waals surface area (Å²) in [5.41, 5.74) is 3.33. The normalized spacial score (nSPS) is 10.6. The maximum atomic E-state index is 12.1. The lowest BCUT2D eigenvalue weighted by molar-refractivity contribution is -0.147. The second-order valence-electron chi connectivity index (χ2n) is 5.89. The number of nitrogens with zero attached hydrogens (tertiary/aromatic N) is 1. The van der Waals surface area contributed by atoms with E-state index in [0.29, 0.717) is 0 Å². The zero-order valence-electron chi connectivity index (χ0n) is 14.2. The van der Waals surface area contributed by atoms with Gasteiger partial charge in [0, 0.05) is 23.7 Å².